The molecule has 0 saturated carbocycles. The van der Waals surface area contributed by atoms with Crippen LogP contribution in [0.3, 0.4) is 0 Å². The van der Waals surface area contributed by atoms with E-state index in [-0.39, 0.29) is 31.2 Å². The van der Waals surface area contributed by atoms with E-state index in [1.165, 1.54) is 12.1 Å². The molecule has 2 rings (SSSR count). The number of benzene rings is 2. The normalized spacial score (nSPS) is 13.4. The van der Waals surface area contributed by atoms with Crippen molar-refractivity contribution in [1.82, 2.24) is 0 Å². The first-order valence-corrected chi connectivity index (χ1v) is 10.8. The van der Waals surface area contributed by atoms with Crippen molar-refractivity contribution >= 4 is 12.0 Å². The first-order chi connectivity index (χ1) is 15.2. The molecule has 0 bridgehead atoms. The molecule has 0 aliphatic rings. The summed E-state index contributed by atoms with van der Waals surface area (Å²) in [7, 11) is 1.60. The fraction of sp³-hybridized carbons (Fsp3) is 0.423. The second-order valence-corrected chi connectivity index (χ2v) is 8.09. The Hall–Kier alpha value is -2.70. The average molecular weight is 445 g/mol. The first-order valence-electron chi connectivity index (χ1n) is 10.8. The van der Waals surface area contributed by atoms with E-state index < -0.39 is 18.2 Å². The average Bonchev–Trinajstić information content (AvgIpc) is 2.72. The molecule has 2 N–H and O–H groups in total. The van der Waals surface area contributed by atoms with Crippen LogP contribution in [0.1, 0.15) is 56.2 Å². The summed E-state index contributed by atoms with van der Waals surface area (Å²) in [5.41, 5.74) is 4.47. The van der Waals surface area contributed by atoms with E-state index in [2.05, 4.69) is 19.9 Å². The summed E-state index contributed by atoms with van der Waals surface area (Å²) in [4.78, 5) is 11.5. The van der Waals surface area contributed by atoms with Gasteiger partial charge in [0, 0.05) is 12.0 Å². The molecule has 2 atom stereocenters. The maximum atomic E-state index is 13.6. The molecular formula is C26H33FO5. The molecule has 0 spiro atoms. The van der Waals surface area contributed by atoms with Crippen molar-refractivity contribution in [2.24, 2.45) is 0 Å². The van der Waals surface area contributed by atoms with Crippen molar-refractivity contribution in [1.29, 1.82) is 0 Å². The minimum atomic E-state index is -1.01. The van der Waals surface area contributed by atoms with E-state index in [4.69, 9.17) is 9.47 Å². The van der Waals surface area contributed by atoms with Gasteiger partial charge in [0.1, 0.15) is 11.6 Å². The lowest BCUT2D eigenvalue weighted by Gasteiger charge is -2.21. The topological polar surface area (TPSA) is 76.0 Å². The van der Waals surface area contributed by atoms with E-state index >= 15 is 0 Å². The third-order valence-electron chi connectivity index (χ3n) is 5.20. The lowest BCUT2D eigenvalue weighted by atomic mass is 9.87. The molecule has 0 saturated heterocycles. The van der Waals surface area contributed by atoms with Gasteiger partial charge in [-0.25, -0.2) is 4.39 Å². The zero-order valence-electron chi connectivity index (χ0n) is 19.4. The van der Waals surface area contributed by atoms with Crippen LogP contribution >= 0.6 is 0 Å². The Balaban J connectivity index is 2.44. The standard InChI is InChI=1S/C26H33FO5/c1-6-32-24(30)15-21(29)14-20(28)11-12-22-23(16(2)3)13-17(4)26(31-5)25(22)18-7-9-19(27)10-8-18/h7-13,16,20-21,28-29H,6,14-15H2,1-5H3. The molecule has 174 valence electrons. The minimum absolute atomic E-state index is 0.00119. The van der Waals surface area contributed by atoms with Crippen molar-refractivity contribution in [2.75, 3.05) is 13.7 Å². The van der Waals surface area contributed by atoms with Gasteiger partial charge in [-0.15, -0.1) is 0 Å². The maximum Gasteiger partial charge on any atom is 0.308 e. The third-order valence-corrected chi connectivity index (χ3v) is 5.20. The molecule has 0 fully saturated rings. The number of aliphatic hydroxyl groups excluding tert-OH is 2. The monoisotopic (exact) mass is 444 g/mol. The molecule has 0 aliphatic heterocycles. The highest BCUT2D eigenvalue weighted by Gasteiger charge is 2.20. The molecule has 2 unspecified atom stereocenters. The Morgan fingerprint density at radius 2 is 1.84 bits per heavy atom. The molecule has 0 heterocycles. The lowest BCUT2D eigenvalue weighted by Crippen LogP contribution is -2.20. The molecule has 2 aromatic carbocycles. The predicted octanol–water partition coefficient (Wildman–Crippen LogP) is 5.01. The van der Waals surface area contributed by atoms with Gasteiger partial charge in [0.05, 0.1) is 32.3 Å². The van der Waals surface area contributed by atoms with Gasteiger partial charge in [0.25, 0.3) is 0 Å². The Morgan fingerprint density at radius 1 is 1.19 bits per heavy atom. The minimum Gasteiger partial charge on any atom is -0.496 e. The number of carbonyl (C=O) groups excluding carboxylic acids is 1. The van der Waals surface area contributed by atoms with Gasteiger partial charge in [-0.1, -0.05) is 44.2 Å². The van der Waals surface area contributed by atoms with Crippen LogP contribution in [-0.4, -0.2) is 42.1 Å². The van der Waals surface area contributed by atoms with E-state index in [1.54, 1.807) is 38.3 Å². The Kier molecular flexibility index (Phi) is 9.42. The van der Waals surface area contributed by atoms with Crippen LogP contribution in [-0.2, 0) is 9.53 Å². The number of carbonyl (C=O) groups is 1. The fourth-order valence-electron chi connectivity index (χ4n) is 3.72. The predicted molar refractivity (Wildman–Crippen MR) is 124 cm³/mol. The Bertz CT molecular complexity index is 934. The Labute approximate surface area is 189 Å². The van der Waals surface area contributed by atoms with E-state index in [0.717, 1.165) is 27.8 Å². The zero-order valence-corrected chi connectivity index (χ0v) is 19.4. The molecule has 6 heteroatoms. The van der Waals surface area contributed by atoms with Gasteiger partial charge in [-0.05, 0) is 54.2 Å². The van der Waals surface area contributed by atoms with E-state index in [9.17, 15) is 19.4 Å². The number of methoxy groups -OCH3 is 1. The second kappa shape index (κ2) is 11.8. The molecular weight excluding hydrogens is 411 g/mol. The second-order valence-electron chi connectivity index (χ2n) is 8.09. The summed E-state index contributed by atoms with van der Waals surface area (Å²) < 4.78 is 24.1. The molecule has 0 aliphatic carbocycles. The third kappa shape index (κ3) is 6.65. The summed E-state index contributed by atoms with van der Waals surface area (Å²) >= 11 is 0. The number of rotatable bonds is 10. The highest BCUT2D eigenvalue weighted by atomic mass is 19.1. The number of aliphatic hydroxyl groups is 2. The highest BCUT2D eigenvalue weighted by Crippen LogP contribution is 2.41. The van der Waals surface area contributed by atoms with Crippen LogP contribution < -0.4 is 4.74 Å². The van der Waals surface area contributed by atoms with E-state index in [0.29, 0.717) is 5.75 Å². The molecule has 0 aromatic heterocycles. The molecule has 2 aromatic rings. The highest BCUT2D eigenvalue weighted by molar-refractivity contribution is 5.84. The number of hydrogen-bond donors (Lipinski definition) is 2. The van der Waals surface area contributed by atoms with Crippen LogP contribution in [0, 0.1) is 12.7 Å². The number of ether oxygens (including phenoxy) is 2. The van der Waals surface area contributed by atoms with Crippen molar-refractivity contribution in [3.05, 3.63) is 58.9 Å². The van der Waals surface area contributed by atoms with Gasteiger partial charge in [0.2, 0.25) is 0 Å². The molecule has 0 amide bonds. The van der Waals surface area contributed by atoms with Crippen LogP contribution in [0.4, 0.5) is 4.39 Å². The van der Waals surface area contributed by atoms with Crippen LogP contribution in [0.5, 0.6) is 5.75 Å². The number of halogens is 1. The lowest BCUT2D eigenvalue weighted by molar-refractivity contribution is -0.145. The number of esters is 1. The summed E-state index contributed by atoms with van der Waals surface area (Å²) in [6.07, 6.45) is 1.25. The zero-order chi connectivity index (χ0) is 23.8. The van der Waals surface area contributed by atoms with Gasteiger partial charge in [-0.3, -0.25) is 4.79 Å². The van der Waals surface area contributed by atoms with Gasteiger partial charge < -0.3 is 19.7 Å². The summed E-state index contributed by atoms with van der Waals surface area (Å²) in [5.74, 6) is 0.0372. The van der Waals surface area contributed by atoms with Crippen molar-refractivity contribution in [3.8, 4) is 16.9 Å². The summed E-state index contributed by atoms with van der Waals surface area (Å²) in [6.45, 7) is 8.06. The largest absolute Gasteiger partial charge is 0.496 e. The fourth-order valence-corrected chi connectivity index (χ4v) is 3.72. The Morgan fingerprint density at radius 3 is 2.41 bits per heavy atom. The van der Waals surface area contributed by atoms with Crippen molar-refractivity contribution in [2.45, 2.75) is 58.7 Å². The van der Waals surface area contributed by atoms with Crippen LogP contribution in [0.25, 0.3) is 17.2 Å². The quantitative estimate of drug-likeness (QED) is 0.504. The smallest absolute Gasteiger partial charge is 0.308 e. The van der Waals surface area contributed by atoms with Crippen LogP contribution in [0.15, 0.2) is 36.4 Å². The summed E-state index contributed by atoms with van der Waals surface area (Å²) in [6, 6.07) is 8.26. The first kappa shape index (κ1) is 25.6. The van der Waals surface area contributed by atoms with Crippen molar-refractivity contribution in [3.63, 3.8) is 0 Å². The van der Waals surface area contributed by atoms with Gasteiger partial charge in [0.15, 0.2) is 0 Å². The van der Waals surface area contributed by atoms with Gasteiger partial charge >= 0.3 is 5.97 Å². The van der Waals surface area contributed by atoms with E-state index in [1.807, 2.05) is 6.92 Å². The van der Waals surface area contributed by atoms with Crippen molar-refractivity contribution < 1.29 is 28.9 Å². The summed E-state index contributed by atoms with van der Waals surface area (Å²) in [5, 5.41) is 20.5. The maximum absolute atomic E-state index is 13.6. The number of hydrogen-bond acceptors (Lipinski definition) is 5. The molecule has 32 heavy (non-hydrogen) atoms. The molecule has 5 nitrogen and oxygen atoms in total. The number of aryl methyl sites for hydroxylation is 1. The van der Waals surface area contributed by atoms with Gasteiger partial charge in [-0.2, -0.15) is 0 Å². The molecule has 0 radical (unpaired) electrons. The SMILES string of the molecule is CCOC(=O)CC(O)CC(O)C=Cc1c(C(C)C)cc(C)c(OC)c1-c1ccc(F)cc1. The van der Waals surface area contributed by atoms with Crippen LogP contribution in [0.2, 0.25) is 0 Å².